The molecule has 0 unspecified atom stereocenters. The second kappa shape index (κ2) is 4.81. The van der Waals surface area contributed by atoms with Crippen LogP contribution >= 0.6 is 0 Å². The fraction of sp³-hybridized carbons (Fsp3) is 0.250. The van der Waals surface area contributed by atoms with Crippen LogP contribution in [0.1, 0.15) is 12.1 Å². The molecule has 1 heterocycles. The number of aromatic amines is 1. The van der Waals surface area contributed by atoms with E-state index in [4.69, 9.17) is 5.73 Å². The van der Waals surface area contributed by atoms with Crippen molar-refractivity contribution in [3.05, 3.63) is 36.2 Å². The molecule has 4 N–H and O–H groups in total. The maximum absolute atomic E-state index is 9.77. The Bertz CT molecular complexity index is 465. The van der Waals surface area contributed by atoms with E-state index in [0.717, 1.165) is 29.7 Å². The molecular weight excluding hydrogens is 202 g/mol. The summed E-state index contributed by atoms with van der Waals surface area (Å²) in [4.78, 5) is 0. The van der Waals surface area contributed by atoms with Crippen LogP contribution in [0.15, 0.2) is 30.5 Å². The summed E-state index contributed by atoms with van der Waals surface area (Å²) in [7, 11) is 0. The molecule has 1 aromatic carbocycles. The Morgan fingerprint density at radius 2 is 2.06 bits per heavy atom. The molecule has 0 fully saturated rings. The second-order valence-corrected chi connectivity index (χ2v) is 3.67. The lowest BCUT2D eigenvalue weighted by atomic mass is 10.0. The lowest BCUT2D eigenvalue weighted by molar-refractivity contribution is 0.477. The number of aromatic nitrogens is 2. The van der Waals surface area contributed by atoms with Crippen LogP contribution in [-0.2, 0) is 6.42 Å². The zero-order valence-electron chi connectivity index (χ0n) is 8.98. The number of aryl methyl sites for hydroxylation is 1. The number of para-hydroxylation sites is 1. The Morgan fingerprint density at radius 3 is 2.81 bits per heavy atom. The summed E-state index contributed by atoms with van der Waals surface area (Å²) in [5.41, 5.74) is 8.26. The molecule has 2 aromatic rings. The number of hydrogen-bond donors (Lipinski definition) is 3. The van der Waals surface area contributed by atoms with E-state index >= 15 is 0 Å². The highest BCUT2D eigenvalue weighted by molar-refractivity contribution is 5.71. The van der Waals surface area contributed by atoms with E-state index in [1.165, 1.54) is 0 Å². The van der Waals surface area contributed by atoms with Gasteiger partial charge in [-0.3, -0.25) is 5.10 Å². The predicted molar refractivity (Wildman–Crippen MR) is 63.1 cm³/mol. The number of phenols is 1. The molecule has 1 aromatic heterocycles. The zero-order valence-corrected chi connectivity index (χ0v) is 8.98. The normalized spacial score (nSPS) is 10.6. The summed E-state index contributed by atoms with van der Waals surface area (Å²) in [5, 5.41) is 16.7. The van der Waals surface area contributed by atoms with Crippen molar-refractivity contribution in [3.8, 4) is 16.9 Å². The lowest BCUT2D eigenvalue weighted by Crippen LogP contribution is -2.01. The van der Waals surface area contributed by atoms with Crippen LogP contribution in [0.5, 0.6) is 5.75 Å². The molecule has 0 bridgehead atoms. The number of nitrogens with zero attached hydrogens (tertiary/aromatic N) is 1. The van der Waals surface area contributed by atoms with E-state index in [1.807, 2.05) is 12.1 Å². The highest BCUT2D eigenvalue weighted by Gasteiger charge is 2.10. The van der Waals surface area contributed by atoms with Gasteiger partial charge in [0, 0.05) is 16.8 Å². The molecule has 0 amide bonds. The first-order valence-electron chi connectivity index (χ1n) is 5.33. The van der Waals surface area contributed by atoms with Crippen molar-refractivity contribution in [1.29, 1.82) is 0 Å². The topological polar surface area (TPSA) is 74.9 Å². The molecule has 4 heteroatoms. The van der Waals surface area contributed by atoms with E-state index in [2.05, 4.69) is 10.2 Å². The SMILES string of the molecule is NCCCc1[nH]ncc1-c1ccccc1O. The summed E-state index contributed by atoms with van der Waals surface area (Å²) in [6, 6.07) is 7.26. The number of H-pyrrole nitrogens is 1. The van der Waals surface area contributed by atoms with Gasteiger partial charge in [-0.1, -0.05) is 18.2 Å². The van der Waals surface area contributed by atoms with Crippen LogP contribution in [0.2, 0.25) is 0 Å². The largest absolute Gasteiger partial charge is 0.507 e. The summed E-state index contributed by atoms with van der Waals surface area (Å²) in [5.74, 6) is 0.276. The minimum atomic E-state index is 0.276. The van der Waals surface area contributed by atoms with Crippen LogP contribution in [0.4, 0.5) is 0 Å². The van der Waals surface area contributed by atoms with Gasteiger partial charge >= 0.3 is 0 Å². The highest BCUT2D eigenvalue weighted by atomic mass is 16.3. The number of nitrogens with two attached hydrogens (primary N) is 1. The first-order valence-corrected chi connectivity index (χ1v) is 5.33. The van der Waals surface area contributed by atoms with Crippen molar-refractivity contribution >= 4 is 0 Å². The third-order valence-electron chi connectivity index (χ3n) is 2.54. The molecule has 0 aliphatic rings. The smallest absolute Gasteiger partial charge is 0.123 e. The molecule has 4 nitrogen and oxygen atoms in total. The number of aromatic hydroxyl groups is 1. The Hall–Kier alpha value is -1.81. The Labute approximate surface area is 94.1 Å². The standard InChI is InChI=1S/C12H15N3O/c13-7-3-5-11-10(8-14-15-11)9-4-1-2-6-12(9)16/h1-2,4,6,8,16H,3,5,7,13H2,(H,14,15). The van der Waals surface area contributed by atoms with Gasteiger partial charge < -0.3 is 10.8 Å². The second-order valence-electron chi connectivity index (χ2n) is 3.67. The molecule has 0 saturated heterocycles. The van der Waals surface area contributed by atoms with Gasteiger partial charge in [0.15, 0.2) is 0 Å². The first-order chi connectivity index (χ1) is 7.83. The van der Waals surface area contributed by atoms with Crippen LogP contribution in [0.3, 0.4) is 0 Å². The number of nitrogens with one attached hydrogen (secondary N) is 1. The van der Waals surface area contributed by atoms with Crippen molar-refractivity contribution in [1.82, 2.24) is 10.2 Å². The number of rotatable bonds is 4. The number of hydrogen-bond acceptors (Lipinski definition) is 3. The Morgan fingerprint density at radius 1 is 1.25 bits per heavy atom. The number of phenolic OH excluding ortho intramolecular Hbond substituents is 1. The minimum Gasteiger partial charge on any atom is -0.507 e. The van der Waals surface area contributed by atoms with Gasteiger partial charge in [0.05, 0.1) is 6.20 Å². The van der Waals surface area contributed by atoms with E-state index in [-0.39, 0.29) is 5.75 Å². The van der Waals surface area contributed by atoms with E-state index in [0.29, 0.717) is 6.54 Å². The van der Waals surface area contributed by atoms with E-state index < -0.39 is 0 Å². The summed E-state index contributed by atoms with van der Waals surface area (Å²) in [6.45, 7) is 0.652. The zero-order chi connectivity index (χ0) is 11.4. The first kappa shape index (κ1) is 10.7. The van der Waals surface area contributed by atoms with Crippen molar-refractivity contribution in [2.45, 2.75) is 12.8 Å². The molecule has 16 heavy (non-hydrogen) atoms. The van der Waals surface area contributed by atoms with Crippen LogP contribution < -0.4 is 5.73 Å². The van der Waals surface area contributed by atoms with E-state index in [9.17, 15) is 5.11 Å². The van der Waals surface area contributed by atoms with Gasteiger partial charge in [0.1, 0.15) is 5.75 Å². The van der Waals surface area contributed by atoms with Crippen molar-refractivity contribution in [2.75, 3.05) is 6.54 Å². The van der Waals surface area contributed by atoms with Gasteiger partial charge in [-0.2, -0.15) is 5.10 Å². The highest BCUT2D eigenvalue weighted by Crippen LogP contribution is 2.30. The van der Waals surface area contributed by atoms with Crippen LogP contribution in [0.25, 0.3) is 11.1 Å². The van der Waals surface area contributed by atoms with Gasteiger partial charge in [-0.15, -0.1) is 0 Å². The molecule has 0 radical (unpaired) electrons. The summed E-state index contributed by atoms with van der Waals surface area (Å²) in [6.07, 6.45) is 3.49. The molecule has 84 valence electrons. The molecular formula is C12H15N3O. The quantitative estimate of drug-likeness (QED) is 0.729. The number of benzene rings is 1. The van der Waals surface area contributed by atoms with Crippen molar-refractivity contribution in [2.24, 2.45) is 5.73 Å². The maximum atomic E-state index is 9.77. The Balaban J connectivity index is 2.33. The molecule has 0 atom stereocenters. The molecule has 2 rings (SSSR count). The average Bonchev–Trinajstić information content (AvgIpc) is 2.75. The molecule has 0 saturated carbocycles. The maximum Gasteiger partial charge on any atom is 0.123 e. The van der Waals surface area contributed by atoms with Gasteiger partial charge in [0.25, 0.3) is 0 Å². The molecule has 0 spiro atoms. The average molecular weight is 217 g/mol. The predicted octanol–water partition coefficient (Wildman–Crippen LogP) is 1.67. The summed E-state index contributed by atoms with van der Waals surface area (Å²) < 4.78 is 0. The van der Waals surface area contributed by atoms with Gasteiger partial charge in [0.2, 0.25) is 0 Å². The van der Waals surface area contributed by atoms with Crippen molar-refractivity contribution in [3.63, 3.8) is 0 Å². The lowest BCUT2D eigenvalue weighted by Gasteiger charge is -2.04. The third kappa shape index (κ3) is 2.06. The van der Waals surface area contributed by atoms with Gasteiger partial charge in [-0.25, -0.2) is 0 Å². The molecule has 0 aliphatic carbocycles. The Kier molecular flexibility index (Phi) is 3.22. The summed E-state index contributed by atoms with van der Waals surface area (Å²) >= 11 is 0. The fourth-order valence-electron chi connectivity index (χ4n) is 1.72. The fourth-order valence-corrected chi connectivity index (χ4v) is 1.72. The van der Waals surface area contributed by atoms with Gasteiger partial charge in [-0.05, 0) is 25.5 Å². The van der Waals surface area contributed by atoms with E-state index in [1.54, 1.807) is 18.3 Å². The molecule has 0 aliphatic heterocycles. The van der Waals surface area contributed by atoms with Crippen LogP contribution in [-0.4, -0.2) is 21.8 Å². The third-order valence-corrected chi connectivity index (χ3v) is 2.54. The monoisotopic (exact) mass is 217 g/mol. The van der Waals surface area contributed by atoms with Crippen LogP contribution in [0, 0.1) is 0 Å². The van der Waals surface area contributed by atoms with Crippen molar-refractivity contribution < 1.29 is 5.11 Å². The minimum absolute atomic E-state index is 0.276.